The van der Waals surface area contributed by atoms with E-state index < -0.39 is 0 Å². The van der Waals surface area contributed by atoms with Crippen molar-refractivity contribution in [1.82, 2.24) is 14.8 Å². The molecule has 0 aliphatic heterocycles. The molecule has 1 aliphatic rings. The van der Waals surface area contributed by atoms with Crippen LogP contribution in [0.2, 0.25) is 0 Å². The van der Waals surface area contributed by atoms with E-state index in [4.69, 9.17) is 0 Å². The first-order valence-electron chi connectivity index (χ1n) is 9.90. The number of hydrogen-bond acceptors (Lipinski definition) is 6. The Bertz CT molecular complexity index is 1140. The maximum atomic E-state index is 12.6. The Labute approximate surface area is 184 Å². The number of aryl methyl sites for hydroxylation is 1. The molecule has 1 aliphatic carbocycles. The molecule has 0 radical (unpaired) electrons. The van der Waals surface area contributed by atoms with Gasteiger partial charge in [-0.15, -0.1) is 21.5 Å². The maximum Gasteiger partial charge on any atom is 0.235 e. The monoisotopic (exact) mass is 437 g/mol. The number of nitrogens with one attached hydrogen (secondary N) is 1. The van der Waals surface area contributed by atoms with Crippen LogP contribution >= 0.6 is 23.1 Å². The van der Waals surface area contributed by atoms with Crippen molar-refractivity contribution in [1.29, 1.82) is 5.26 Å². The number of hydrogen-bond donors (Lipinski definition) is 1. The molecule has 0 spiro atoms. The number of thiophene rings is 1. The molecular formula is C22H23N5OS2. The molecule has 8 heteroatoms. The highest BCUT2D eigenvalue weighted by molar-refractivity contribution is 7.99. The van der Waals surface area contributed by atoms with E-state index in [2.05, 4.69) is 28.5 Å². The van der Waals surface area contributed by atoms with Crippen LogP contribution in [0.1, 0.15) is 34.9 Å². The molecule has 1 aromatic carbocycles. The predicted octanol–water partition coefficient (Wildman–Crippen LogP) is 4.58. The molecule has 0 saturated heterocycles. The molecule has 1 N–H and O–H groups in total. The van der Waals surface area contributed by atoms with Gasteiger partial charge in [0.2, 0.25) is 5.91 Å². The molecule has 0 fully saturated rings. The smallest absolute Gasteiger partial charge is 0.235 e. The Hall–Kier alpha value is -2.63. The maximum absolute atomic E-state index is 12.6. The van der Waals surface area contributed by atoms with Crippen LogP contribution < -0.4 is 5.32 Å². The molecule has 2 aromatic heterocycles. The Morgan fingerprint density at radius 3 is 2.97 bits per heavy atom. The number of benzene rings is 1. The Kier molecular flexibility index (Phi) is 5.93. The number of thioether (sulfide) groups is 1. The molecule has 4 rings (SSSR count). The minimum Gasteiger partial charge on any atom is -0.316 e. The SMILES string of the molecule is Cc1ccccc1-c1nnc(SCC(=O)Nc2sc3c(c2C#N)CC[C@@H](C)C3)n1C. The summed E-state index contributed by atoms with van der Waals surface area (Å²) >= 11 is 2.89. The molecule has 30 heavy (non-hydrogen) atoms. The molecule has 0 bridgehead atoms. The molecule has 2 heterocycles. The highest BCUT2D eigenvalue weighted by Gasteiger charge is 2.25. The van der Waals surface area contributed by atoms with Gasteiger partial charge in [0.25, 0.3) is 0 Å². The molecule has 6 nitrogen and oxygen atoms in total. The minimum absolute atomic E-state index is 0.136. The number of rotatable bonds is 5. The Balaban J connectivity index is 1.44. The standard InChI is InChI=1S/C22H23N5OS2/c1-13-8-9-16-17(11-23)21(30-18(16)10-13)24-19(28)12-29-22-26-25-20(27(22)3)15-7-5-4-6-14(15)2/h4-7,13H,8-10,12H2,1-3H3,(H,24,28)/t13-/m1/s1. The van der Waals surface area contributed by atoms with E-state index in [1.807, 2.05) is 42.8 Å². The molecule has 1 atom stereocenters. The lowest BCUT2D eigenvalue weighted by Crippen LogP contribution is -2.14. The van der Waals surface area contributed by atoms with Crippen LogP contribution in [-0.4, -0.2) is 26.4 Å². The van der Waals surface area contributed by atoms with Crippen LogP contribution in [0.4, 0.5) is 5.00 Å². The van der Waals surface area contributed by atoms with Crippen molar-refractivity contribution in [3.8, 4) is 17.5 Å². The van der Waals surface area contributed by atoms with Gasteiger partial charge in [0.05, 0.1) is 11.3 Å². The van der Waals surface area contributed by atoms with Gasteiger partial charge in [-0.3, -0.25) is 4.79 Å². The largest absolute Gasteiger partial charge is 0.316 e. The zero-order valence-electron chi connectivity index (χ0n) is 17.2. The first-order chi connectivity index (χ1) is 14.5. The van der Waals surface area contributed by atoms with Crippen molar-refractivity contribution in [3.05, 3.63) is 45.8 Å². The summed E-state index contributed by atoms with van der Waals surface area (Å²) in [4.78, 5) is 13.8. The van der Waals surface area contributed by atoms with Crippen LogP contribution in [0, 0.1) is 24.2 Å². The summed E-state index contributed by atoms with van der Waals surface area (Å²) in [6.45, 7) is 4.27. The number of nitriles is 1. The van der Waals surface area contributed by atoms with Gasteiger partial charge in [0.1, 0.15) is 11.1 Å². The Morgan fingerprint density at radius 2 is 2.20 bits per heavy atom. The van der Waals surface area contributed by atoms with Crippen molar-refractivity contribution < 1.29 is 4.79 Å². The van der Waals surface area contributed by atoms with Crippen LogP contribution in [-0.2, 0) is 24.7 Å². The van der Waals surface area contributed by atoms with Gasteiger partial charge < -0.3 is 9.88 Å². The summed E-state index contributed by atoms with van der Waals surface area (Å²) in [5, 5.41) is 22.5. The average Bonchev–Trinajstić information content (AvgIpc) is 3.25. The van der Waals surface area contributed by atoms with Crippen LogP contribution in [0.3, 0.4) is 0 Å². The highest BCUT2D eigenvalue weighted by atomic mass is 32.2. The van der Waals surface area contributed by atoms with Gasteiger partial charge in [-0.25, -0.2) is 0 Å². The van der Waals surface area contributed by atoms with Gasteiger partial charge in [0, 0.05) is 17.5 Å². The van der Waals surface area contributed by atoms with Crippen molar-refractivity contribution in [2.24, 2.45) is 13.0 Å². The molecule has 154 valence electrons. The van der Waals surface area contributed by atoms with Crippen molar-refractivity contribution >= 4 is 34.0 Å². The lowest BCUT2D eigenvalue weighted by molar-refractivity contribution is -0.113. The number of fused-ring (bicyclic) bond motifs is 1. The second-order valence-corrected chi connectivity index (χ2v) is 9.73. The van der Waals surface area contributed by atoms with E-state index in [-0.39, 0.29) is 11.7 Å². The molecule has 0 unspecified atom stereocenters. The van der Waals surface area contributed by atoms with Gasteiger partial charge in [-0.2, -0.15) is 5.26 Å². The predicted molar refractivity (Wildman–Crippen MR) is 121 cm³/mol. The zero-order chi connectivity index (χ0) is 21.3. The minimum atomic E-state index is -0.136. The number of aromatic nitrogens is 3. The molecular weight excluding hydrogens is 414 g/mol. The van der Waals surface area contributed by atoms with E-state index in [1.54, 1.807) is 11.3 Å². The van der Waals surface area contributed by atoms with Gasteiger partial charge in [-0.05, 0) is 43.2 Å². The number of carbonyl (C=O) groups excluding carboxylic acids is 1. The van der Waals surface area contributed by atoms with Crippen LogP contribution in [0.25, 0.3) is 11.4 Å². The third-order valence-electron chi connectivity index (χ3n) is 5.43. The van der Waals surface area contributed by atoms with Crippen molar-refractivity contribution in [2.45, 2.75) is 38.3 Å². The van der Waals surface area contributed by atoms with Crippen molar-refractivity contribution in [2.75, 3.05) is 11.1 Å². The molecule has 3 aromatic rings. The fourth-order valence-corrected chi connectivity index (χ4v) is 5.84. The number of carbonyl (C=O) groups is 1. The van der Waals surface area contributed by atoms with Gasteiger partial charge in [0.15, 0.2) is 11.0 Å². The zero-order valence-corrected chi connectivity index (χ0v) is 18.9. The second kappa shape index (κ2) is 8.62. The summed E-state index contributed by atoms with van der Waals surface area (Å²) in [5.41, 5.74) is 3.92. The summed E-state index contributed by atoms with van der Waals surface area (Å²) in [6, 6.07) is 10.3. The summed E-state index contributed by atoms with van der Waals surface area (Å²) in [7, 11) is 1.91. The van der Waals surface area contributed by atoms with Crippen LogP contribution in [0.5, 0.6) is 0 Å². The third kappa shape index (κ3) is 4.00. The number of anilines is 1. The van der Waals surface area contributed by atoms with E-state index in [9.17, 15) is 10.1 Å². The van der Waals surface area contributed by atoms with E-state index in [0.29, 0.717) is 21.6 Å². The number of amides is 1. The lowest BCUT2D eigenvalue weighted by atomic mass is 9.89. The van der Waals surface area contributed by atoms with Gasteiger partial charge in [-0.1, -0.05) is 43.0 Å². The third-order valence-corrected chi connectivity index (χ3v) is 7.62. The topological polar surface area (TPSA) is 83.6 Å². The normalized spacial score (nSPS) is 15.5. The second-order valence-electron chi connectivity index (χ2n) is 7.68. The van der Waals surface area contributed by atoms with E-state index in [1.165, 1.54) is 16.6 Å². The highest BCUT2D eigenvalue weighted by Crippen LogP contribution is 2.39. The average molecular weight is 438 g/mol. The summed E-state index contributed by atoms with van der Waals surface area (Å²) in [6.07, 6.45) is 3.00. The van der Waals surface area contributed by atoms with Crippen molar-refractivity contribution in [3.63, 3.8) is 0 Å². The number of nitrogens with zero attached hydrogens (tertiary/aromatic N) is 4. The summed E-state index contributed by atoms with van der Waals surface area (Å²) < 4.78 is 1.91. The quantitative estimate of drug-likeness (QED) is 0.591. The first-order valence-corrected chi connectivity index (χ1v) is 11.7. The lowest BCUT2D eigenvalue weighted by Gasteiger charge is -2.17. The van der Waals surface area contributed by atoms with Crippen LogP contribution in [0.15, 0.2) is 29.4 Å². The van der Waals surface area contributed by atoms with Gasteiger partial charge >= 0.3 is 0 Å². The fourth-order valence-electron chi connectivity index (χ4n) is 3.75. The van der Waals surface area contributed by atoms with E-state index in [0.717, 1.165) is 41.8 Å². The fraction of sp³-hybridized carbons (Fsp3) is 0.364. The summed E-state index contributed by atoms with van der Waals surface area (Å²) in [5.74, 6) is 1.48. The molecule has 0 saturated carbocycles. The first kappa shape index (κ1) is 20.6. The van der Waals surface area contributed by atoms with E-state index >= 15 is 0 Å². The molecule has 1 amide bonds. The Morgan fingerprint density at radius 1 is 1.40 bits per heavy atom.